The fourth-order valence-electron chi connectivity index (χ4n) is 4.33. The molecular formula is C23H32N8O10. The maximum Gasteiger partial charge on any atom is 0.300 e. The van der Waals surface area contributed by atoms with E-state index >= 15 is 0 Å². The molecule has 1 aliphatic rings. The second-order valence-corrected chi connectivity index (χ2v) is 9.22. The van der Waals surface area contributed by atoms with Crippen LogP contribution in [0.15, 0.2) is 23.0 Å². The summed E-state index contributed by atoms with van der Waals surface area (Å²) in [5, 5.41) is 58.1. The third-order valence-electron chi connectivity index (χ3n) is 6.16. The van der Waals surface area contributed by atoms with E-state index in [0.29, 0.717) is 37.7 Å². The number of carbonyl (C=O) groups excluding carboxylic acids is 1. The van der Waals surface area contributed by atoms with Gasteiger partial charge in [-0.2, -0.15) is 0 Å². The fourth-order valence-corrected chi connectivity index (χ4v) is 4.33. The largest absolute Gasteiger partial charge is 0.394 e. The number of anilines is 1. The molecule has 41 heavy (non-hydrogen) atoms. The predicted octanol–water partition coefficient (Wildman–Crippen LogP) is -1.27. The number of hydrogen-bond acceptors (Lipinski definition) is 15. The van der Waals surface area contributed by atoms with Gasteiger partial charge in [-0.25, -0.2) is 9.31 Å². The van der Waals surface area contributed by atoms with E-state index in [2.05, 4.69) is 25.9 Å². The van der Waals surface area contributed by atoms with E-state index in [-0.39, 0.29) is 62.5 Å². The Morgan fingerprint density at radius 1 is 1.17 bits per heavy atom. The van der Waals surface area contributed by atoms with Crippen molar-refractivity contribution in [1.82, 2.24) is 30.6 Å². The molecule has 0 bridgehead atoms. The number of non-ortho nitro benzene ring substituents is 1. The van der Waals surface area contributed by atoms with Gasteiger partial charge in [0.15, 0.2) is 5.52 Å². The number of nitrogens with zero attached hydrogens (tertiary/aromatic N) is 7. The molecule has 3 heterocycles. The van der Waals surface area contributed by atoms with Crippen LogP contribution < -0.4 is 10.2 Å². The van der Waals surface area contributed by atoms with Gasteiger partial charge in [0.25, 0.3) is 0 Å². The van der Waals surface area contributed by atoms with Crippen LogP contribution >= 0.6 is 0 Å². The zero-order valence-electron chi connectivity index (χ0n) is 22.1. The molecule has 0 radical (unpaired) electrons. The number of hydrogen-bond donors (Lipinski definition) is 4. The van der Waals surface area contributed by atoms with Crippen LogP contribution in [0.5, 0.6) is 0 Å². The quantitative estimate of drug-likeness (QED) is 0.0878. The van der Waals surface area contributed by atoms with Crippen LogP contribution in [-0.2, 0) is 32.1 Å². The zero-order chi connectivity index (χ0) is 29.2. The minimum Gasteiger partial charge on any atom is -0.394 e. The predicted molar refractivity (Wildman–Crippen MR) is 137 cm³/mol. The lowest BCUT2D eigenvalue weighted by Gasteiger charge is -2.33. The van der Waals surface area contributed by atoms with Crippen LogP contribution in [0.1, 0.15) is 18.5 Å². The molecule has 1 saturated heterocycles. The van der Waals surface area contributed by atoms with Gasteiger partial charge in [-0.15, -0.1) is 5.10 Å². The molecule has 1 aromatic carbocycles. The molecule has 3 atom stereocenters. The van der Waals surface area contributed by atoms with Gasteiger partial charge in [-0.05, 0) is 16.4 Å². The normalized spacial score (nSPS) is 19.0. The zero-order valence-corrected chi connectivity index (χ0v) is 22.1. The second-order valence-electron chi connectivity index (χ2n) is 9.22. The van der Waals surface area contributed by atoms with Gasteiger partial charge in [0.2, 0.25) is 11.4 Å². The maximum absolute atomic E-state index is 13.1. The first kappa shape index (κ1) is 30.2. The number of benzene rings is 1. The van der Waals surface area contributed by atoms with E-state index in [1.54, 1.807) is 15.8 Å². The van der Waals surface area contributed by atoms with Crippen molar-refractivity contribution in [3.05, 3.63) is 34.1 Å². The average Bonchev–Trinajstić information content (AvgIpc) is 3.61. The van der Waals surface area contributed by atoms with Gasteiger partial charge < -0.3 is 39.7 Å². The highest BCUT2D eigenvalue weighted by molar-refractivity contribution is 5.95. The molecule has 4 rings (SSSR count). The number of nitro groups is 1. The van der Waals surface area contributed by atoms with Crippen molar-refractivity contribution in [3.63, 3.8) is 0 Å². The molecule has 1 amide bonds. The molecular weight excluding hydrogens is 548 g/mol. The summed E-state index contributed by atoms with van der Waals surface area (Å²) in [7, 11) is 0. The van der Waals surface area contributed by atoms with E-state index in [1.165, 1.54) is 12.1 Å². The number of aromatic nitrogens is 5. The fraction of sp³-hybridized carbons (Fsp3) is 0.609. The third-order valence-corrected chi connectivity index (χ3v) is 6.16. The van der Waals surface area contributed by atoms with Gasteiger partial charge in [-0.3, -0.25) is 14.9 Å². The van der Waals surface area contributed by atoms with Crippen molar-refractivity contribution in [3.8, 4) is 0 Å². The molecule has 18 heteroatoms. The highest BCUT2D eigenvalue weighted by Gasteiger charge is 2.30. The van der Waals surface area contributed by atoms with Gasteiger partial charge in [-0.1, -0.05) is 5.21 Å². The minimum absolute atomic E-state index is 0.0549. The van der Waals surface area contributed by atoms with Crippen molar-refractivity contribution in [1.29, 1.82) is 0 Å². The van der Waals surface area contributed by atoms with E-state index < -0.39 is 29.3 Å². The Balaban J connectivity index is 1.46. The molecule has 2 aromatic heterocycles. The summed E-state index contributed by atoms with van der Waals surface area (Å²) in [6.07, 6.45) is -0.0839. The minimum atomic E-state index is -0.814. The van der Waals surface area contributed by atoms with Gasteiger partial charge in [0.1, 0.15) is 11.9 Å². The standard InChI is InChI=1S/C23H32N8O10/c32-4-6-39-8-7-38-5-3-30-12-15(25-28-30)11-29(13-20(35)24-21-10-16(34)9-17(14-33)40-21)18-1-2-19(31(36)37)23-22(18)26-41-27-23/h1-2,12,16-17,21,32-34H,3-11,13-14H2,(H,24,35). The van der Waals surface area contributed by atoms with Gasteiger partial charge in [0.05, 0.1) is 88.3 Å². The van der Waals surface area contributed by atoms with E-state index in [4.69, 9.17) is 23.9 Å². The molecule has 224 valence electrons. The maximum atomic E-state index is 13.1. The SMILES string of the molecule is O=C(CN(Cc1cn(CCOCCOCCO)nn1)c1ccc([N+](=O)[O-])c2nonc12)NC1CC(O)CC(CO)O1. The monoisotopic (exact) mass is 580 g/mol. The lowest BCUT2D eigenvalue weighted by Crippen LogP contribution is -2.49. The lowest BCUT2D eigenvalue weighted by molar-refractivity contribution is -0.383. The highest BCUT2D eigenvalue weighted by atomic mass is 16.6. The summed E-state index contributed by atoms with van der Waals surface area (Å²) < 4.78 is 22.6. The average molecular weight is 581 g/mol. The summed E-state index contributed by atoms with van der Waals surface area (Å²) in [5.41, 5.74) is 0.520. The van der Waals surface area contributed by atoms with Crippen LogP contribution in [0.2, 0.25) is 0 Å². The Morgan fingerprint density at radius 3 is 2.71 bits per heavy atom. The number of nitro benzene ring substituents is 1. The summed E-state index contributed by atoms with van der Waals surface area (Å²) >= 11 is 0. The van der Waals surface area contributed by atoms with Crippen molar-refractivity contribution >= 4 is 28.3 Å². The number of ether oxygens (including phenoxy) is 3. The third kappa shape index (κ3) is 8.35. The topological polar surface area (TPSA) is 233 Å². The number of aliphatic hydroxyl groups is 3. The van der Waals surface area contributed by atoms with Crippen LogP contribution in [0.25, 0.3) is 11.0 Å². The summed E-state index contributed by atoms with van der Waals surface area (Å²) in [4.78, 5) is 25.5. The van der Waals surface area contributed by atoms with Crippen molar-refractivity contribution in [2.75, 3.05) is 51.1 Å². The smallest absolute Gasteiger partial charge is 0.300 e. The molecule has 3 unspecified atom stereocenters. The molecule has 0 aliphatic carbocycles. The first-order valence-electron chi connectivity index (χ1n) is 12.9. The Morgan fingerprint density at radius 2 is 1.95 bits per heavy atom. The number of nitrogens with one attached hydrogen (secondary N) is 1. The second kappa shape index (κ2) is 14.7. The van der Waals surface area contributed by atoms with Crippen molar-refractivity contribution in [2.24, 2.45) is 0 Å². The number of carbonyl (C=O) groups is 1. The number of rotatable bonds is 16. The number of aliphatic hydroxyl groups excluding tert-OH is 3. The Bertz CT molecular complexity index is 1290. The first-order chi connectivity index (χ1) is 19.9. The molecule has 4 N–H and O–H groups in total. The summed E-state index contributed by atoms with van der Waals surface area (Å²) in [6.45, 7) is 1.16. The Kier molecular flexibility index (Phi) is 10.8. The van der Waals surface area contributed by atoms with E-state index in [9.17, 15) is 25.1 Å². The van der Waals surface area contributed by atoms with Gasteiger partial charge >= 0.3 is 5.69 Å². The van der Waals surface area contributed by atoms with E-state index in [1.807, 2.05) is 0 Å². The molecule has 18 nitrogen and oxygen atoms in total. The van der Waals surface area contributed by atoms with Crippen LogP contribution in [0.3, 0.4) is 0 Å². The van der Waals surface area contributed by atoms with Crippen molar-refractivity contribution < 1.29 is 43.9 Å². The lowest BCUT2D eigenvalue weighted by atomic mass is 10.0. The summed E-state index contributed by atoms with van der Waals surface area (Å²) in [6, 6.07) is 2.69. The molecule has 3 aromatic rings. The molecule has 0 spiro atoms. The van der Waals surface area contributed by atoms with Crippen LogP contribution in [0.4, 0.5) is 11.4 Å². The molecule has 0 saturated carbocycles. The Hall–Kier alpha value is -3.81. The van der Waals surface area contributed by atoms with E-state index in [0.717, 1.165) is 0 Å². The highest BCUT2D eigenvalue weighted by Crippen LogP contribution is 2.32. The first-order valence-corrected chi connectivity index (χ1v) is 12.9. The van der Waals surface area contributed by atoms with Crippen LogP contribution in [-0.4, -0.2) is 116 Å². The number of fused-ring (bicyclic) bond motifs is 1. The molecule has 1 fully saturated rings. The van der Waals surface area contributed by atoms with Crippen molar-refractivity contribution in [2.45, 2.75) is 44.4 Å². The Labute approximate surface area is 232 Å². The van der Waals surface area contributed by atoms with Crippen LogP contribution in [0, 0.1) is 10.1 Å². The summed E-state index contributed by atoms with van der Waals surface area (Å²) in [5.74, 6) is -0.479. The number of amides is 1. The van der Waals surface area contributed by atoms with Gasteiger partial charge in [0, 0.05) is 18.9 Å². The molecule has 1 aliphatic heterocycles.